The van der Waals surface area contributed by atoms with Crippen LogP contribution in [0, 0.1) is 0 Å². The second-order valence-corrected chi connectivity index (χ2v) is 6.81. The molecule has 1 N–H and O–H groups in total. The highest BCUT2D eigenvalue weighted by atomic mass is 16.5. The third kappa shape index (κ3) is 3.08. The van der Waals surface area contributed by atoms with Gasteiger partial charge in [-0.1, -0.05) is 12.1 Å². The van der Waals surface area contributed by atoms with Crippen LogP contribution in [-0.4, -0.2) is 46.8 Å². The lowest BCUT2D eigenvalue weighted by Crippen LogP contribution is -2.39. The predicted octanol–water partition coefficient (Wildman–Crippen LogP) is 2.54. The number of imidazole rings is 1. The lowest BCUT2D eigenvalue weighted by molar-refractivity contribution is -0.0102. The molecule has 2 aliphatic rings. The summed E-state index contributed by atoms with van der Waals surface area (Å²) < 4.78 is 7.81. The van der Waals surface area contributed by atoms with Crippen molar-refractivity contribution in [1.29, 1.82) is 0 Å². The van der Waals surface area contributed by atoms with Crippen molar-refractivity contribution in [3.05, 3.63) is 34.7 Å². The molecule has 124 valence electrons. The molecule has 1 aromatic carbocycles. The number of aromatic amines is 1. The molecule has 2 heterocycles. The largest absolute Gasteiger partial charge is 0.377 e. The van der Waals surface area contributed by atoms with Crippen molar-refractivity contribution < 1.29 is 4.74 Å². The van der Waals surface area contributed by atoms with Crippen LogP contribution < -0.4 is 5.69 Å². The van der Waals surface area contributed by atoms with Gasteiger partial charge in [0.2, 0.25) is 0 Å². The number of nitrogens with one attached hydrogen (secondary N) is 1. The smallest absolute Gasteiger partial charge is 0.326 e. The molecule has 0 spiro atoms. The number of rotatable bonds is 5. The SMILES string of the molecule is O=c1[nH]c2ccccc2n1C1CCN(CCOC2CCC2)CC1. The van der Waals surface area contributed by atoms with Crippen molar-refractivity contribution in [3.8, 4) is 0 Å². The summed E-state index contributed by atoms with van der Waals surface area (Å²) in [5, 5.41) is 0. The van der Waals surface area contributed by atoms with Gasteiger partial charge in [0.15, 0.2) is 0 Å². The number of piperidine rings is 1. The number of hydrogen-bond donors (Lipinski definition) is 1. The maximum atomic E-state index is 12.3. The molecule has 1 aromatic heterocycles. The molecule has 5 heteroatoms. The molecule has 5 nitrogen and oxygen atoms in total. The van der Waals surface area contributed by atoms with Crippen LogP contribution in [0.15, 0.2) is 29.1 Å². The fourth-order valence-corrected chi connectivity index (χ4v) is 3.72. The highest BCUT2D eigenvalue weighted by molar-refractivity contribution is 5.75. The van der Waals surface area contributed by atoms with Crippen molar-refractivity contribution in [2.75, 3.05) is 26.2 Å². The molecular formula is C18H25N3O2. The minimum absolute atomic E-state index is 0.0259. The quantitative estimate of drug-likeness (QED) is 0.922. The van der Waals surface area contributed by atoms with Gasteiger partial charge in [0.25, 0.3) is 0 Å². The Labute approximate surface area is 136 Å². The first-order valence-electron chi connectivity index (χ1n) is 8.84. The number of ether oxygens (including phenoxy) is 1. The van der Waals surface area contributed by atoms with Gasteiger partial charge in [-0.3, -0.25) is 4.57 Å². The van der Waals surface area contributed by atoms with Crippen LogP contribution in [0.3, 0.4) is 0 Å². The average molecular weight is 315 g/mol. The predicted molar refractivity (Wildman–Crippen MR) is 90.9 cm³/mol. The first kappa shape index (κ1) is 15.0. The van der Waals surface area contributed by atoms with Gasteiger partial charge in [-0.25, -0.2) is 4.79 Å². The average Bonchev–Trinajstić information content (AvgIpc) is 2.86. The monoisotopic (exact) mass is 315 g/mol. The first-order valence-corrected chi connectivity index (χ1v) is 8.84. The first-order chi connectivity index (χ1) is 11.3. The lowest BCUT2D eigenvalue weighted by Gasteiger charge is -2.33. The van der Waals surface area contributed by atoms with Crippen LogP contribution in [0.5, 0.6) is 0 Å². The van der Waals surface area contributed by atoms with Gasteiger partial charge in [0, 0.05) is 25.7 Å². The lowest BCUT2D eigenvalue weighted by atomic mass is 9.96. The number of fused-ring (bicyclic) bond motifs is 1. The zero-order chi connectivity index (χ0) is 15.6. The van der Waals surface area contributed by atoms with E-state index in [0.717, 1.165) is 50.1 Å². The fourth-order valence-electron chi connectivity index (χ4n) is 3.72. The Hall–Kier alpha value is -1.59. The molecule has 2 aromatic rings. The highest BCUT2D eigenvalue weighted by Gasteiger charge is 2.24. The van der Waals surface area contributed by atoms with E-state index in [9.17, 15) is 4.79 Å². The molecule has 0 radical (unpaired) electrons. The van der Waals surface area contributed by atoms with E-state index in [4.69, 9.17) is 4.74 Å². The summed E-state index contributed by atoms with van der Waals surface area (Å²) in [7, 11) is 0. The molecule has 1 saturated carbocycles. The summed E-state index contributed by atoms with van der Waals surface area (Å²) in [6.07, 6.45) is 6.40. The molecule has 0 bridgehead atoms. The third-order valence-electron chi connectivity index (χ3n) is 5.36. The molecule has 0 atom stereocenters. The van der Waals surface area contributed by atoms with Gasteiger partial charge in [-0.2, -0.15) is 0 Å². The van der Waals surface area contributed by atoms with Gasteiger partial charge in [0.05, 0.1) is 23.7 Å². The Balaban J connectivity index is 1.35. The summed E-state index contributed by atoms with van der Waals surface area (Å²) in [5.41, 5.74) is 2.00. The zero-order valence-electron chi connectivity index (χ0n) is 13.5. The molecule has 0 unspecified atom stereocenters. The van der Waals surface area contributed by atoms with Crippen LogP contribution in [0.2, 0.25) is 0 Å². The number of nitrogens with zero attached hydrogens (tertiary/aromatic N) is 2. The summed E-state index contributed by atoms with van der Waals surface area (Å²) in [6.45, 7) is 3.96. The highest BCUT2D eigenvalue weighted by Crippen LogP contribution is 2.25. The van der Waals surface area contributed by atoms with Gasteiger partial charge in [-0.15, -0.1) is 0 Å². The maximum absolute atomic E-state index is 12.3. The van der Waals surface area contributed by atoms with Crippen molar-refractivity contribution in [1.82, 2.24) is 14.5 Å². The molecule has 1 aliphatic heterocycles. The van der Waals surface area contributed by atoms with Crippen LogP contribution >= 0.6 is 0 Å². The summed E-state index contributed by atoms with van der Waals surface area (Å²) in [6, 6.07) is 8.28. The minimum Gasteiger partial charge on any atom is -0.377 e. The van der Waals surface area contributed by atoms with Crippen LogP contribution in [0.1, 0.15) is 38.1 Å². The molecule has 23 heavy (non-hydrogen) atoms. The van der Waals surface area contributed by atoms with E-state index < -0.39 is 0 Å². The van der Waals surface area contributed by atoms with Crippen molar-refractivity contribution >= 4 is 11.0 Å². The third-order valence-corrected chi connectivity index (χ3v) is 5.36. The topological polar surface area (TPSA) is 50.3 Å². The molecule has 0 amide bonds. The summed E-state index contributed by atoms with van der Waals surface area (Å²) in [5.74, 6) is 0. The van der Waals surface area contributed by atoms with E-state index >= 15 is 0 Å². The van der Waals surface area contributed by atoms with E-state index in [-0.39, 0.29) is 5.69 Å². The van der Waals surface area contributed by atoms with E-state index in [1.54, 1.807) is 0 Å². The van der Waals surface area contributed by atoms with E-state index in [1.807, 2.05) is 28.8 Å². The van der Waals surface area contributed by atoms with E-state index in [0.29, 0.717) is 12.1 Å². The fraction of sp³-hybridized carbons (Fsp3) is 0.611. The Morgan fingerprint density at radius 3 is 2.65 bits per heavy atom. The second-order valence-electron chi connectivity index (χ2n) is 6.81. The van der Waals surface area contributed by atoms with Gasteiger partial charge in [0.1, 0.15) is 0 Å². The molecule has 2 fully saturated rings. The molecule has 4 rings (SSSR count). The zero-order valence-corrected chi connectivity index (χ0v) is 13.5. The van der Waals surface area contributed by atoms with Crippen LogP contribution in [-0.2, 0) is 4.74 Å². The van der Waals surface area contributed by atoms with E-state index in [2.05, 4.69) is 9.88 Å². The second kappa shape index (κ2) is 6.49. The van der Waals surface area contributed by atoms with Crippen LogP contribution in [0.25, 0.3) is 11.0 Å². The Kier molecular flexibility index (Phi) is 4.23. The van der Waals surface area contributed by atoms with Crippen molar-refractivity contribution in [2.24, 2.45) is 0 Å². The Morgan fingerprint density at radius 2 is 1.91 bits per heavy atom. The van der Waals surface area contributed by atoms with Gasteiger partial charge < -0.3 is 14.6 Å². The van der Waals surface area contributed by atoms with Crippen molar-refractivity contribution in [3.63, 3.8) is 0 Å². The standard InChI is InChI=1S/C18H25N3O2/c22-18-19-16-6-1-2-7-17(16)21(18)14-8-10-20(11-9-14)12-13-23-15-4-3-5-15/h1-2,6-7,14-15H,3-5,8-13H2,(H,19,22). The minimum atomic E-state index is 0.0259. The van der Waals surface area contributed by atoms with Crippen molar-refractivity contribution in [2.45, 2.75) is 44.2 Å². The Bertz CT molecular complexity index is 708. The maximum Gasteiger partial charge on any atom is 0.326 e. The number of aromatic nitrogens is 2. The van der Waals surface area contributed by atoms with E-state index in [1.165, 1.54) is 19.3 Å². The number of para-hydroxylation sites is 2. The number of hydrogen-bond acceptors (Lipinski definition) is 3. The number of H-pyrrole nitrogens is 1. The van der Waals surface area contributed by atoms with Gasteiger partial charge in [-0.05, 0) is 44.2 Å². The molecule has 1 aliphatic carbocycles. The van der Waals surface area contributed by atoms with Crippen LogP contribution in [0.4, 0.5) is 0 Å². The summed E-state index contributed by atoms with van der Waals surface area (Å²) in [4.78, 5) is 17.7. The summed E-state index contributed by atoms with van der Waals surface area (Å²) >= 11 is 0. The normalized spacial score (nSPS) is 20.9. The number of likely N-dealkylation sites (tertiary alicyclic amines) is 1. The van der Waals surface area contributed by atoms with Gasteiger partial charge >= 0.3 is 5.69 Å². The molecule has 1 saturated heterocycles. The molecular weight excluding hydrogens is 290 g/mol. The number of benzene rings is 1. The Morgan fingerprint density at radius 1 is 1.13 bits per heavy atom.